The van der Waals surface area contributed by atoms with Crippen molar-refractivity contribution in [3.8, 4) is 0 Å². The molecule has 1 N–H and O–H groups in total. The average Bonchev–Trinajstić information content (AvgIpc) is 3.07. The van der Waals surface area contributed by atoms with E-state index in [1.807, 2.05) is 0 Å². The van der Waals surface area contributed by atoms with Gasteiger partial charge in [-0.25, -0.2) is 0 Å². The highest BCUT2D eigenvalue weighted by Gasteiger charge is 2.46. The van der Waals surface area contributed by atoms with E-state index >= 15 is 0 Å². The van der Waals surface area contributed by atoms with Crippen molar-refractivity contribution in [3.63, 3.8) is 0 Å². The van der Waals surface area contributed by atoms with Gasteiger partial charge in [-0.15, -0.1) is 0 Å². The minimum Gasteiger partial charge on any atom is -0.391 e. The van der Waals surface area contributed by atoms with Gasteiger partial charge in [-0.2, -0.15) is 0 Å². The molecule has 5 unspecified atom stereocenters. The van der Waals surface area contributed by atoms with Crippen LogP contribution < -0.4 is 0 Å². The molecule has 4 heteroatoms. The fourth-order valence-electron chi connectivity index (χ4n) is 4.93. The molecule has 1 aliphatic rings. The van der Waals surface area contributed by atoms with Crippen LogP contribution in [-0.4, -0.2) is 32.0 Å². The third-order valence-corrected chi connectivity index (χ3v) is 6.12. The number of hydrogen-bond acceptors (Lipinski definition) is 2. The lowest BCUT2D eigenvalue weighted by molar-refractivity contribution is -0.154. The molecule has 1 saturated carbocycles. The SMILES string of the molecule is Cc1ccc(C)n1C1CC(n2c(C)ccc2C)C(OC(C)(C)C)C(C)C1O. The van der Waals surface area contributed by atoms with Crippen molar-refractivity contribution in [2.24, 2.45) is 5.92 Å². The fraction of sp³-hybridized carbons (Fsp3) is 0.652. The van der Waals surface area contributed by atoms with Gasteiger partial charge in [0.25, 0.3) is 0 Å². The van der Waals surface area contributed by atoms with E-state index < -0.39 is 6.10 Å². The van der Waals surface area contributed by atoms with Crippen LogP contribution in [0.15, 0.2) is 24.3 Å². The lowest BCUT2D eigenvalue weighted by Crippen LogP contribution is -2.51. The van der Waals surface area contributed by atoms with Crippen LogP contribution in [-0.2, 0) is 4.74 Å². The Labute approximate surface area is 164 Å². The van der Waals surface area contributed by atoms with Crippen LogP contribution in [0.2, 0.25) is 0 Å². The predicted octanol–water partition coefficient (Wildman–Crippen LogP) is 4.89. The first-order valence-corrected chi connectivity index (χ1v) is 10.2. The topological polar surface area (TPSA) is 39.3 Å². The average molecular weight is 373 g/mol. The third-order valence-electron chi connectivity index (χ3n) is 6.12. The predicted molar refractivity (Wildman–Crippen MR) is 110 cm³/mol. The van der Waals surface area contributed by atoms with Crippen LogP contribution in [0, 0.1) is 33.6 Å². The van der Waals surface area contributed by atoms with Crippen LogP contribution in [0.1, 0.15) is 69.0 Å². The Morgan fingerprint density at radius 1 is 0.852 bits per heavy atom. The number of ether oxygens (including phenoxy) is 1. The first kappa shape index (κ1) is 20.2. The summed E-state index contributed by atoms with van der Waals surface area (Å²) < 4.78 is 11.3. The molecule has 27 heavy (non-hydrogen) atoms. The van der Waals surface area contributed by atoms with Crippen LogP contribution in [0.3, 0.4) is 0 Å². The van der Waals surface area contributed by atoms with E-state index in [9.17, 15) is 5.11 Å². The Hall–Kier alpha value is -1.52. The zero-order chi connectivity index (χ0) is 20.1. The molecule has 0 spiro atoms. The van der Waals surface area contributed by atoms with Crippen LogP contribution in [0.4, 0.5) is 0 Å². The van der Waals surface area contributed by atoms with Crippen molar-refractivity contribution < 1.29 is 9.84 Å². The lowest BCUT2D eigenvalue weighted by Gasteiger charge is -2.48. The molecule has 1 fully saturated rings. The highest BCUT2D eigenvalue weighted by Crippen LogP contribution is 2.44. The van der Waals surface area contributed by atoms with Gasteiger partial charge in [0.05, 0.1) is 29.9 Å². The molecule has 5 atom stereocenters. The summed E-state index contributed by atoms with van der Waals surface area (Å²) in [6.45, 7) is 17.0. The summed E-state index contributed by atoms with van der Waals surface area (Å²) in [6.07, 6.45) is 0.394. The molecule has 0 aromatic carbocycles. The minimum absolute atomic E-state index is 0.0303. The van der Waals surface area contributed by atoms with E-state index in [2.05, 4.69) is 88.8 Å². The highest BCUT2D eigenvalue weighted by atomic mass is 16.5. The number of aliphatic hydroxyl groups is 1. The van der Waals surface area contributed by atoms with E-state index in [0.717, 1.165) is 6.42 Å². The van der Waals surface area contributed by atoms with Crippen molar-refractivity contribution in [2.75, 3.05) is 0 Å². The zero-order valence-electron chi connectivity index (χ0n) is 18.2. The molecular formula is C23H36N2O2. The summed E-state index contributed by atoms with van der Waals surface area (Å²) in [6, 6.07) is 8.91. The van der Waals surface area contributed by atoms with E-state index in [1.165, 1.54) is 22.8 Å². The lowest BCUT2D eigenvalue weighted by atomic mass is 9.77. The molecule has 4 nitrogen and oxygen atoms in total. The second-order valence-electron chi connectivity index (χ2n) is 9.39. The van der Waals surface area contributed by atoms with Gasteiger partial charge in [-0.05, 0) is 79.2 Å². The summed E-state index contributed by atoms with van der Waals surface area (Å²) in [7, 11) is 0. The van der Waals surface area contributed by atoms with Crippen molar-refractivity contribution in [1.29, 1.82) is 0 Å². The second kappa shape index (κ2) is 7.14. The van der Waals surface area contributed by atoms with Crippen LogP contribution in [0.25, 0.3) is 0 Å². The monoisotopic (exact) mass is 372 g/mol. The van der Waals surface area contributed by atoms with Gasteiger partial charge < -0.3 is 19.0 Å². The molecule has 0 amide bonds. The van der Waals surface area contributed by atoms with Gasteiger partial charge >= 0.3 is 0 Å². The number of aromatic nitrogens is 2. The quantitative estimate of drug-likeness (QED) is 0.833. The fourth-order valence-corrected chi connectivity index (χ4v) is 4.93. The Morgan fingerprint density at radius 3 is 1.67 bits per heavy atom. The Balaban J connectivity index is 2.07. The zero-order valence-corrected chi connectivity index (χ0v) is 18.2. The van der Waals surface area contributed by atoms with Gasteiger partial charge in [-0.1, -0.05) is 6.92 Å². The van der Waals surface area contributed by atoms with Crippen molar-refractivity contribution in [3.05, 3.63) is 47.0 Å². The van der Waals surface area contributed by atoms with Gasteiger partial charge in [0.1, 0.15) is 0 Å². The number of hydrogen-bond donors (Lipinski definition) is 1. The smallest absolute Gasteiger partial charge is 0.0840 e. The highest BCUT2D eigenvalue weighted by molar-refractivity contribution is 5.20. The van der Waals surface area contributed by atoms with Gasteiger partial charge in [0, 0.05) is 28.7 Å². The van der Waals surface area contributed by atoms with E-state index in [-0.39, 0.29) is 29.7 Å². The Morgan fingerprint density at radius 2 is 1.26 bits per heavy atom. The molecule has 2 aromatic rings. The molecule has 150 valence electrons. The van der Waals surface area contributed by atoms with E-state index in [0.29, 0.717) is 0 Å². The van der Waals surface area contributed by atoms with Gasteiger partial charge in [-0.3, -0.25) is 0 Å². The molecule has 1 aliphatic carbocycles. The number of aliphatic hydroxyl groups excluding tert-OH is 1. The van der Waals surface area contributed by atoms with Crippen LogP contribution in [0.5, 0.6) is 0 Å². The first-order chi connectivity index (χ1) is 12.5. The normalized spacial score (nSPS) is 29.3. The number of nitrogens with zero attached hydrogens (tertiary/aromatic N) is 2. The summed E-state index contributed by atoms with van der Waals surface area (Å²) in [4.78, 5) is 0. The molecule has 0 bridgehead atoms. The number of aryl methyl sites for hydroxylation is 4. The van der Waals surface area contributed by atoms with Crippen molar-refractivity contribution >= 4 is 0 Å². The standard InChI is InChI=1S/C23H36N2O2/c1-14-9-10-15(2)24(14)19-13-20(25-16(3)11-12-17(25)4)22(18(5)21(19)26)27-23(6,7)8/h9-12,18-22,26H,13H2,1-8H3. The van der Waals surface area contributed by atoms with Crippen molar-refractivity contribution in [1.82, 2.24) is 9.13 Å². The second-order valence-corrected chi connectivity index (χ2v) is 9.39. The van der Waals surface area contributed by atoms with Gasteiger partial charge in [0.2, 0.25) is 0 Å². The van der Waals surface area contributed by atoms with Crippen LogP contribution >= 0.6 is 0 Å². The molecule has 0 radical (unpaired) electrons. The van der Waals surface area contributed by atoms with E-state index in [4.69, 9.17) is 4.74 Å². The summed E-state index contributed by atoms with van der Waals surface area (Å²) in [5.41, 5.74) is 4.67. The summed E-state index contributed by atoms with van der Waals surface area (Å²) in [5.74, 6) is 0.0374. The number of rotatable bonds is 3. The third kappa shape index (κ3) is 3.74. The molecule has 0 saturated heterocycles. The van der Waals surface area contributed by atoms with Gasteiger partial charge in [0.15, 0.2) is 0 Å². The Kier molecular flexibility index (Phi) is 5.35. The summed E-state index contributed by atoms with van der Waals surface area (Å²) in [5, 5.41) is 11.3. The molecule has 0 aliphatic heterocycles. The van der Waals surface area contributed by atoms with E-state index in [1.54, 1.807) is 0 Å². The summed E-state index contributed by atoms with van der Waals surface area (Å²) >= 11 is 0. The first-order valence-electron chi connectivity index (χ1n) is 10.2. The molecule has 2 heterocycles. The maximum Gasteiger partial charge on any atom is 0.0840 e. The minimum atomic E-state index is -0.436. The molecule has 2 aromatic heterocycles. The Bertz CT molecular complexity index is 757. The maximum absolute atomic E-state index is 11.3. The van der Waals surface area contributed by atoms with Crippen molar-refractivity contribution in [2.45, 2.75) is 91.7 Å². The molecular weight excluding hydrogens is 336 g/mol. The largest absolute Gasteiger partial charge is 0.391 e. The maximum atomic E-state index is 11.3. The molecule has 3 rings (SSSR count).